The van der Waals surface area contributed by atoms with Crippen LogP contribution in [0.3, 0.4) is 0 Å². The topological polar surface area (TPSA) is 76.7 Å². The van der Waals surface area contributed by atoms with Crippen LogP contribution in [0, 0.1) is 0 Å². The lowest BCUT2D eigenvalue weighted by Crippen LogP contribution is -2.42. The van der Waals surface area contributed by atoms with Gasteiger partial charge in [-0.1, -0.05) is 24.3 Å². The lowest BCUT2D eigenvalue weighted by Gasteiger charge is -2.22. The van der Waals surface area contributed by atoms with Crippen molar-refractivity contribution in [1.82, 2.24) is 0 Å². The molecule has 1 N–H and O–H groups in total. The normalized spacial score (nSPS) is 12.2. The minimum Gasteiger partial charge on any atom is -0.507 e. The summed E-state index contributed by atoms with van der Waals surface area (Å²) in [5.41, 5.74) is -0.110. The highest BCUT2D eigenvalue weighted by Gasteiger charge is 2.53. The van der Waals surface area contributed by atoms with Gasteiger partial charge in [-0.25, -0.2) is 18.4 Å². The summed E-state index contributed by atoms with van der Waals surface area (Å²) < 4.78 is 61.4. The summed E-state index contributed by atoms with van der Waals surface area (Å²) in [5.74, 6) is -10.3. The van der Waals surface area contributed by atoms with Gasteiger partial charge in [-0.2, -0.15) is 8.78 Å². The van der Waals surface area contributed by atoms with Crippen LogP contribution in [0.5, 0.6) is 5.75 Å². The van der Waals surface area contributed by atoms with Gasteiger partial charge in [0.25, 0.3) is 0 Å². The molecule has 0 aliphatic heterocycles. The molecule has 1 heterocycles. The molecule has 0 spiro atoms. The van der Waals surface area contributed by atoms with Crippen molar-refractivity contribution in [3.05, 3.63) is 75.6 Å². The zero-order chi connectivity index (χ0) is 22.1. The van der Waals surface area contributed by atoms with Crippen LogP contribution in [0.15, 0.2) is 57.7 Å². The summed E-state index contributed by atoms with van der Waals surface area (Å²) in [5, 5.41) is 10.7. The Morgan fingerprint density at radius 2 is 1.70 bits per heavy atom. The van der Waals surface area contributed by atoms with Crippen LogP contribution in [-0.4, -0.2) is 29.5 Å². The lowest BCUT2D eigenvalue weighted by atomic mass is 10.0. The number of rotatable bonds is 6. The molecule has 0 atom stereocenters. The Kier molecular flexibility index (Phi) is 5.56. The van der Waals surface area contributed by atoms with Gasteiger partial charge in [0.05, 0.1) is 16.5 Å². The van der Waals surface area contributed by atoms with E-state index < -0.39 is 30.0 Å². The Labute approximate surface area is 167 Å². The van der Waals surface area contributed by atoms with Crippen molar-refractivity contribution in [2.75, 3.05) is 6.61 Å². The molecule has 0 fully saturated rings. The van der Waals surface area contributed by atoms with Crippen molar-refractivity contribution in [1.29, 1.82) is 0 Å². The van der Waals surface area contributed by atoms with Crippen LogP contribution in [0.2, 0.25) is 0 Å². The molecule has 3 rings (SSSR count). The Morgan fingerprint density at radius 3 is 2.33 bits per heavy atom. The van der Waals surface area contributed by atoms with E-state index in [0.29, 0.717) is 10.9 Å². The van der Waals surface area contributed by atoms with Crippen molar-refractivity contribution in [3.63, 3.8) is 0 Å². The summed E-state index contributed by atoms with van der Waals surface area (Å²) in [6, 6.07) is 11.8. The molecule has 3 aromatic rings. The molecule has 1 aromatic heterocycles. The smallest absolute Gasteiger partial charge is 0.343 e. The maximum absolute atomic E-state index is 13.2. The average Bonchev–Trinajstić information content (AvgIpc) is 2.69. The average molecular weight is 424 g/mol. The number of hydrogen-bond acceptors (Lipinski definition) is 5. The fourth-order valence-corrected chi connectivity index (χ4v) is 2.66. The van der Waals surface area contributed by atoms with Gasteiger partial charge in [-0.15, -0.1) is 0 Å². The Balaban J connectivity index is 1.75. The maximum atomic E-state index is 13.2. The number of ether oxygens (including phenoxy) is 1. The molecule has 0 saturated heterocycles. The van der Waals surface area contributed by atoms with Crippen molar-refractivity contribution in [2.45, 2.75) is 25.2 Å². The number of alkyl halides is 4. The van der Waals surface area contributed by atoms with Crippen LogP contribution < -0.4 is 5.63 Å². The Bertz CT molecular complexity index is 1130. The third-order valence-electron chi connectivity index (χ3n) is 4.47. The molecule has 0 aliphatic rings. The Morgan fingerprint density at radius 1 is 1.07 bits per heavy atom. The molecule has 0 bridgehead atoms. The summed E-state index contributed by atoms with van der Waals surface area (Å²) in [6.07, 6.45) is -0.0194. The molecule has 2 aromatic carbocycles. The van der Waals surface area contributed by atoms with Crippen LogP contribution in [0.1, 0.15) is 28.4 Å². The van der Waals surface area contributed by atoms with Gasteiger partial charge in [0.1, 0.15) is 11.3 Å². The quantitative estimate of drug-likeness (QED) is 0.357. The Hall–Kier alpha value is -3.36. The highest BCUT2D eigenvalue weighted by Crippen LogP contribution is 2.34. The van der Waals surface area contributed by atoms with E-state index in [1.54, 1.807) is 24.3 Å². The first-order chi connectivity index (χ1) is 14.0. The number of halogens is 4. The molecule has 158 valence electrons. The summed E-state index contributed by atoms with van der Waals surface area (Å²) in [4.78, 5) is 24.0. The SMILES string of the molecule is CC(F)(F)C(F)(F)COC(=O)c1ccc(Cc2c(O)c3ccccc3oc2=O)cc1. The number of carbonyl (C=O) groups excluding carboxylic acids is 1. The molecule has 9 heteroatoms. The molecule has 30 heavy (non-hydrogen) atoms. The fraction of sp³-hybridized carbons (Fsp3) is 0.238. The van der Waals surface area contributed by atoms with Crippen LogP contribution in [-0.2, 0) is 11.2 Å². The molecule has 0 amide bonds. The first-order valence-electron chi connectivity index (χ1n) is 8.75. The zero-order valence-electron chi connectivity index (χ0n) is 15.6. The standard InChI is InChI=1S/C21H16F4O5/c1-20(22,23)21(24,25)11-29-18(27)13-8-6-12(7-9-13)10-15-17(26)14-4-2-3-5-16(14)30-19(15)28/h2-9,26H,10-11H2,1H3. The molecule has 0 aliphatic carbocycles. The van der Waals surface area contributed by atoms with E-state index >= 15 is 0 Å². The van der Waals surface area contributed by atoms with E-state index in [0.717, 1.165) is 0 Å². The highest BCUT2D eigenvalue weighted by atomic mass is 19.3. The van der Waals surface area contributed by atoms with Gasteiger partial charge in [-0.3, -0.25) is 0 Å². The first kappa shape index (κ1) is 21.4. The van der Waals surface area contributed by atoms with E-state index in [2.05, 4.69) is 4.74 Å². The first-order valence-corrected chi connectivity index (χ1v) is 8.75. The van der Waals surface area contributed by atoms with Crippen molar-refractivity contribution < 1.29 is 36.6 Å². The van der Waals surface area contributed by atoms with Gasteiger partial charge in [0, 0.05) is 13.3 Å². The second kappa shape index (κ2) is 7.81. The van der Waals surface area contributed by atoms with Crippen LogP contribution in [0.25, 0.3) is 11.0 Å². The largest absolute Gasteiger partial charge is 0.507 e. The number of para-hydroxylation sites is 1. The number of benzene rings is 2. The lowest BCUT2D eigenvalue weighted by molar-refractivity contribution is -0.214. The van der Waals surface area contributed by atoms with Crippen LogP contribution >= 0.6 is 0 Å². The second-order valence-corrected chi connectivity index (χ2v) is 6.76. The number of fused-ring (bicyclic) bond motifs is 1. The monoisotopic (exact) mass is 424 g/mol. The summed E-state index contributed by atoms with van der Waals surface area (Å²) in [6.45, 7) is -1.72. The fourth-order valence-electron chi connectivity index (χ4n) is 2.66. The van der Waals surface area contributed by atoms with Gasteiger partial charge in [0.2, 0.25) is 0 Å². The van der Waals surface area contributed by atoms with Gasteiger partial charge < -0.3 is 14.3 Å². The van der Waals surface area contributed by atoms with Gasteiger partial charge >= 0.3 is 23.4 Å². The molecule has 0 radical (unpaired) electrons. The number of aromatic hydroxyl groups is 1. The van der Waals surface area contributed by atoms with E-state index in [1.807, 2.05) is 0 Å². The number of esters is 1. The summed E-state index contributed by atoms with van der Waals surface area (Å²) in [7, 11) is 0. The third kappa shape index (κ3) is 4.29. The molecule has 0 saturated carbocycles. The predicted octanol–water partition coefficient (Wildman–Crippen LogP) is 4.54. The van der Waals surface area contributed by atoms with E-state index in [9.17, 15) is 32.3 Å². The minimum atomic E-state index is -4.50. The number of hydrogen-bond donors (Lipinski definition) is 1. The van der Waals surface area contributed by atoms with Crippen LogP contribution in [0.4, 0.5) is 17.6 Å². The van der Waals surface area contributed by atoms with Gasteiger partial charge in [-0.05, 0) is 29.8 Å². The van der Waals surface area contributed by atoms with E-state index in [4.69, 9.17) is 4.42 Å². The van der Waals surface area contributed by atoms with Crippen molar-refractivity contribution in [2.24, 2.45) is 0 Å². The van der Waals surface area contributed by atoms with Crippen molar-refractivity contribution >= 4 is 16.9 Å². The minimum absolute atomic E-state index is 0.00819. The molecule has 0 unspecified atom stereocenters. The molecular weight excluding hydrogens is 408 g/mol. The van der Waals surface area contributed by atoms with Crippen molar-refractivity contribution in [3.8, 4) is 5.75 Å². The van der Waals surface area contributed by atoms with E-state index in [-0.39, 0.29) is 35.8 Å². The third-order valence-corrected chi connectivity index (χ3v) is 4.47. The van der Waals surface area contributed by atoms with E-state index in [1.165, 1.54) is 24.3 Å². The second-order valence-electron chi connectivity index (χ2n) is 6.76. The maximum Gasteiger partial charge on any atom is 0.343 e. The summed E-state index contributed by atoms with van der Waals surface area (Å²) >= 11 is 0. The molecular formula is C21H16F4O5. The number of carbonyl (C=O) groups is 1. The highest BCUT2D eigenvalue weighted by molar-refractivity contribution is 5.89. The molecule has 5 nitrogen and oxygen atoms in total. The zero-order valence-corrected chi connectivity index (χ0v) is 15.6. The predicted molar refractivity (Wildman–Crippen MR) is 99.2 cm³/mol. The van der Waals surface area contributed by atoms with Gasteiger partial charge in [0.15, 0.2) is 6.61 Å².